The number of carbonyl (C=O) groups is 1. The number of fused-ring (bicyclic) bond motifs is 1. The first-order valence-corrected chi connectivity index (χ1v) is 10.5. The van der Waals surface area contributed by atoms with E-state index in [0.29, 0.717) is 24.6 Å². The van der Waals surface area contributed by atoms with Crippen LogP contribution in [-0.2, 0) is 17.6 Å². The molecular weight excluding hydrogens is 366 g/mol. The Hall–Kier alpha value is -1.77. The van der Waals surface area contributed by atoms with E-state index in [0.717, 1.165) is 49.1 Å². The van der Waals surface area contributed by atoms with Gasteiger partial charge in [0.2, 0.25) is 5.91 Å². The Balaban J connectivity index is 1.65. The fraction of sp³-hybridized carbons (Fsp3) is 0.632. The van der Waals surface area contributed by atoms with Crippen LogP contribution in [0.5, 0.6) is 0 Å². The van der Waals surface area contributed by atoms with Crippen molar-refractivity contribution in [3.63, 3.8) is 0 Å². The van der Waals surface area contributed by atoms with Crippen LogP contribution in [0, 0.1) is 18.8 Å². The number of aromatic nitrogens is 2. The monoisotopic (exact) mass is 391 g/mol. The Labute approximate surface area is 161 Å². The van der Waals surface area contributed by atoms with E-state index in [2.05, 4.69) is 15.5 Å². The van der Waals surface area contributed by atoms with Crippen LogP contribution in [-0.4, -0.2) is 32.6 Å². The van der Waals surface area contributed by atoms with Crippen molar-refractivity contribution in [1.29, 1.82) is 0 Å². The molecule has 0 unspecified atom stereocenters. The molecule has 2 aliphatic rings. The highest BCUT2D eigenvalue weighted by Gasteiger charge is 2.36. The van der Waals surface area contributed by atoms with Gasteiger partial charge in [0, 0.05) is 16.7 Å². The number of nitrogens with one attached hydrogen (secondary N) is 1. The molecule has 0 saturated heterocycles. The summed E-state index contributed by atoms with van der Waals surface area (Å²) in [6, 6.07) is 0. The van der Waals surface area contributed by atoms with Crippen molar-refractivity contribution in [3.8, 4) is 11.5 Å². The molecule has 27 heavy (non-hydrogen) atoms. The highest BCUT2D eigenvalue weighted by atomic mass is 32.1. The van der Waals surface area contributed by atoms with Crippen molar-refractivity contribution in [2.24, 2.45) is 11.8 Å². The smallest absolute Gasteiger partial charge is 0.261 e. The summed E-state index contributed by atoms with van der Waals surface area (Å²) in [7, 11) is 0. The third kappa shape index (κ3) is 3.66. The van der Waals surface area contributed by atoms with Gasteiger partial charge in [0.25, 0.3) is 5.89 Å². The molecule has 0 aliphatic heterocycles. The number of anilines is 1. The zero-order chi connectivity index (χ0) is 19.0. The summed E-state index contributed by atoms with van der Waals surface area (Å²) in [5.41, 5.74) is 2.05. The molecule has 2 heterocycles. The van der Waals surface area contributed by atoms with Gasteiger partial charge in [-0.3, -0.25) is 4.79 Å². The number of aliphatic hydroxyl groups excluding tert-OH is 1. The molecule has 2 aromatic heterocycles. The average molecular weight is 391 g/mol. The molecule has 0 aromatic carbocycles. The SMILES string of the molecule is Cc1noc(-c2c(NC(=O)[C@H]3CCCC[C@H]3C(O)O)sc3c2CCCC3)n1. The van der Waals surface area contributed by atoms with E-state index in [9.17, 15) is 15.0 Å². The van der Waals surface area contributed by atoms with Crippen molar-refractivity contribution in [2.75, 3.05) is 5.32 Å². The Morgan fingerprint density at radius 1 is 1.22 bits per heavy atom. The van der Waals surface area contributed by atoms with Gasteiger partial charge in [-0.1, -0.05) is 18.0 Å². The Morgan fingerprint density at radius 2 is 2.00 bits per heavy atom. The summed E-state index contributed by atoms with van der Waals surface area (Å²) >= 11 is 1.58. The van der Waals surface area contributed by atoms with Crippen molar-refractivity contribution in [3.05, 3.63) is 16.3 Å². The zero-order valence-electron chi connectivity index (χ0n) is 15.4. The molecule has 2 aliphatic carbocycles. The fourth-order valence-electron chi connectivity index (χ4n) is 4.33. The summed E-state index contributed by atoms with van der Waals surface area (Å²) in [5, 5.41) is 27.1. The molecule has 2 atom stereocenters. The topological polar surface area (TPSA) is 108 Å². The first-order valence-electron chi connectivity index (χ1n) is 9.67. The summed E-state index contributed by atoms with van der Waals surface area (Å²) < 4.78 is 5.42. The Kier molecular flexibility index (Phi) is 5.29. The molecule has 146 valence electrons. The van der Waals surface area contributed by atoms with Gasteiger partial charge in [-0.05, 0) is 51.0 Å². The maximum Gasteiger partial charge on any atom is 0.261 e. The quantitative estimate of drug-likeness (QED) is 0.691. The molecule has 7 nitrogen and oxygen atoms in total. The van der Waals surface area contributed by atoms with Crippen molar-refractivity contribution in [1.82, 2.24) is 10.1 Å². The zero-order valence-corrected chi connectivity index (χ0v) is 16.2. The second kappa shape index (κ2) is 7.69. The number of rotatable bonds is 4. The Morgan fingerprint density at radius 3 is 2.74 bits per heavy atom. The van der Waals surface area contributed by atoms with E-state index >= 15 is 0 Å². The second-order valence-electron chi connectivity index (χ2n) is 7.52. The van der Waals surface area contributed by atoms with Gasteiger partial charge in [-0.25, -0.2) is 0 Å². The summed E-state index contributed by atoms with van der Waals surface area (Å²) in [5.74, 6) is 0.0554. The number of hydrogen-bond donors (Lipinski definition) is 3. The third-order valence-electron chi connectivity index (χ3n) is 5.69. The van der Waals surface area contributed by atoms with Crippen LogP contribution < -0.4 is 5.32 Å². The number of aliphatic hydroxyl groups is 2. The lowest BCUT2D eigenvalue weighted by Crippen LogP contribution is -2.38. The summed E-state index contributed by atoms with van der Waals surface area (Å²) in [4.78, 5) is 18.6. The van der Waals surface area contributed by atoms with Crippen LogP contribution in [0.1, 0.15) is 54.8 Å². The molecule has 1 amide bonds. The molecule has 1 saturated carbocycles. The lowest BCUT2D eigenvalue weighted by Gasteiger charge is -2.31. The van der Waals surface area contributed by atoms with Crippen LogP contribution in [0.2, 0.25) is 0 Å². The lowest BCUT2D eigenvalue weighted by molar-refractivity contribution is -0.138. The van der Waals surface area contributed by atoms with E-state index in [1.165, 1.54) is 10.4 Å². The molecule has 8 heteroatoms. The number of amides is 1. The molecule has 2 aromatic rings. The number of thiophene rings is 1. The molecule has 0 bridgehead atoms. The largest absolute Gasteiger partial charge is 0.368 e. The molecule has 0 radical (unpaired) electrons. The number of hydrogen-bond acceptors (Lipinski definition) is 7. The molecule has 4 rings (SSSR count). The summed E-state index contributed by atoms with van der Waals surface area (Å²) in [6.07, 6.45) is 5.92. The molecular formula is C19H25N3O4S. The second-order valence-corrected chi connectivity index (χ2v) is 8.62. The first kappa shape index (κ1) is 18.6. The minimum atomic E-state index is -1.46. The van der Waals surface area contributed by atoms with E-state index in [1.807, 2.05) is 0 Å². The van der Waals surface area contributed by atoms with E-state index in [1.54, 1.807) is 18.3 Å². The van der Waals surface area contributed by atoms with Crippen LogP contribution in [0.15, 0.2) is 4.52 Å². The Bertz CT molecular complexity index is 829. The minimum absolute atomic E-state index is 0.149. The molecule has 0 spiro atoms. The van der Waals surface area contributed by atoms with Gasteiger partial charge < -0.3 is 20.1 Å². The van der Waals surface area contributed by atoms with Crippen LogP contribution in [0.3, 0.4) is 0 Å². The standard InChI is InChI=1S/C19H25N3O4S/c1-10-20-17(26-22-10)15-13-8-4-5-9-14(13)27-18(15)21-16(23)11-6-2-3-7-12(11)19(24)25/h11-12,19,24-25H,2-9H2,1H3,(H,21,23)/t11-,12+/m0/s1. The van der Waals surface area contributed by atoms with Gasteiger partial charge in [0.15, 0.2) is 12.1 Å². The van der Waals surface area contributed by atoms with Crippen LogP contribution in [0.25, 0.3) is 11.5 Å². The van der Waals surface area contributed by atoms with Crippen LogP contribution >= 0.6 is 11.3 Å². The number of carbonyl (C=O) groups excluding carboxylic acids is 1. The highest BCUT2D eigenvalue weighted by Crippen LogP contribution is 2.44. The normalized spacial score (nSPS) is 22.7. The van der Waals surface area contributed by atoms with Crippen LogP contribution in [0.4, 0.5) is 5.00 Å². The average Bonchev–Trinajstić information content (AvgIpc) is 3.24. The van der Waals surface area contributed by atoms with Gasteiger partial charge in [-0.2, -0.15) is 4.98 Å². The third-order valence-corrected chi connectivity index (χ3v) is 6.90. The first-order chi connectivity index (χ1) is 13.0. The van der Waals surface area contributed by atoms with Gasteiger partial charge in [0.1, 0.15) is 5.00 Å². The maximum atomic E-state index is 13.0. The van der Waals surface area contributed by atoms with Gasteiger partial charge in [-0.15, -0.1) is 11.3 Å². The maximum absolute atomic E-state index is 13.0. The van der Waals surface area contributed by atoms with Gasteiger partial charge >= 0.3 is 0 Å². The van der Waals surface area contributed by atoms with Gasteiger partial charge in [0.05, 0.1) is 5.56 Å². The number of aryl methyl sites for hydroxylation is 2. The van der Waals surface area contributed by atoms with Crippen molar-refractivity contribution >= 4 is 22.2 Å². The fourth-order valence-corrected chi connectivity index (χ4v) is 5.61. The summed E-state index contributed by atoms with van der Waals surface area (Å²) in [6.45, 7) is 1.78. The van der Waals surface area contributed by atoms with Crippen molar-refractivity contribution < 1.29 is 19.5 Å². The lowest BCUT2D eigenvalue weighted by atomic mass is 9.78. The molecule has 3 N–H and O–H groups in total. The predicted octanol–water partition coefficient (Wildman–Crippen LogP) is 3.04. The minimum Gasteiger partial charge on any atom is -0.368 e. The van der Waals surface area contributed by atoms with E-state index in [-0.39, 0.29) is 5.91 Å². The van der Waals surface area contributed by atoms with E-state index < -0.39 is 18.1 Å². The van der Waals surface area contributed by atoms with Crippen molar-refractivity contribution in [2.45, 2.75) is 64.6 Å². The predicted molar refractivity (Wildman–Crippen MR) is 101 cm³/mol. The highest BCUT2D eigenvalue weighted by molar-refractivity contribution is 7.17. The molecule has 1 fully saturated rings. The number of nitrogens with zero attached hydrogens (tertiary/aromatic N) is 2. The van der Waals surface area contributed by atoms with E-state index in [4.69, 9.17) is 4.52 Å².